The molecule has 0 aromatic heterocycles. The van der Waals surface area contributed by atoms with Gasteiger partial charge in [-0.05, 0) is 25.2 Å². The zero-order chi connectivity index (χ0) is 18.2. The molecule has 0 amide bonds. The van der Waals surface area contributed by atoms with Gasteiger partial charge >= 0.3 is 0 Å². The first-order valence-electron chi connectivity index (χ1n) is 7.80. The lowest BCUT2D eigenvalue weighted by molar-refractivity contribution is -0.384. The lowest BCUT2D eigenvalue weighted by Gasteiger charge is -2.26. The lowest BCUT2D eigenvalue weighted by atomic mass is 10.1. The van der Waals surface area contributed by atoms with Crippen LogP contribution < -0.4 is 10.7 Å². The molecule has 1 aliphatic heterocycles. The van der Waals surface area contributed by atoms with E-state index in [0.717, 1.165) is 32.8 Å². The SMILES string of the molecule is C/C(=N/NC(=S)NCCN1CCOCC1)c1ccc(Cl)c([N+](=O)[O-])c1. The summed E-state index contributed by atoms with van der Waals surface area (Å²) >= 11 is 11.0. The predicted molar refractivity (Wildman–Crippen MR) is 101 cm³/mol. The van der Waals surface area contributed by atoms with Crippen molar-refractivity contribution >= 4 is 40.3 Å². The largest absolute Gasteiger partial charge is 0.379 e. The van der Waals surface area contributed by atoms with E-state index in [0.29, 0.717) is 22.9 Å². The van der Waals surface area contributed by atoms with Crippen LogP contribution in [-0.4, -0.2) is 60.0 Å². The summed E-state index contributed by atoms with van der Waals surface area (Å²) in [7, 11) is 0. The topological polar surface area (TPSA) is 92.0 Å². The van der Waals surface area contributed by atoms with Gasteiger partial charge in [0, 0.05) is 37.8 Å². The average Bonchev–Trinajstić information content (AvgIpc) is 2.60. The number of nitro benzene ring substituents is 1. The van der Waals surface area contributed by atoms with Crippen LogP contribution in [0, 0.1) is 10.1 Å². The molecule has 0 spiro atoms. The van der Waals surface area contributed by atoms with Crippen molar-refractivity contribution in [2.24, 2.45) is 5.10 Å². The monoisotopic (exact) mass is 385 g/mol. The summed E-state index contributed by atoms with van der Waals surface area (Å²) in [6, 6.07) is 4.54. The third kappa shape index (κ3) is 6.20. The zero-order valence-corrected chi connectivity index (χ0v) is 15.4. The second-order valence-corrected chi connectivity index (χ2v) is 6.26. The van der Waals surface area contributed by atoms with Crippen LogP contribution in [0.4, 0.5) is 5.69 Å². The number of thiocarbonyl (C=S) groups is 1. The molecule has 0 unspecified atom stereocenters. The highest BCUT2D eigenvalue weighted by molar-refractivity contribution is 7.80. The first-order valence-corrected chi connectivity index (χ1v) is 8.58. The Hall–Kier alpha value is -1.81. The maximum atomic E-state index is 10.9. The molecule has 25 heavy (non-hydrogen) atoms. The Labute approximate surface area is 156 Å². The van der Waals surface area contributed by atoms with E-state index in [4.69, 9.17) is 28.6 Å². The Balaban J connectivity index is 1.82. The molecule has 1 aliphatic rings. The van der Waals surface area contributed by atoms with Gasteiger partial charge in [-0.1, -0.05) is 17.7 Å². The molecule has 0 saturated carbocycles. The van der Waals surface area contributed by atoms with E-state index < -0.39 is 4.92 Å². The van der Waals surface area contributed by atoms with Crippen LogP contribution >= 0.6 is 23.8 Å². The molecule has 2 rings (SSSR count). The van der Waals surface area contributed by atoms with Gasteiger partial charge in [-0.3, -0.25) is 20.4 Å². The normalized spacial score (nSPS) is 15.7. The van der Waals surface area contributed by atoms with Crippen molar-refractivity contribution in [3.8, 4) is 0 Å². The molecule has 1 aromatic rings. The van der Waals surface area contributed by atoms with Gasteiger partial charge in [0.05, 0.1) is 23.8 Å². The number of morpholine rings is 1. The van der Waals surface area contributed by atoms with Crippen molar-refractivity contribution in [1.29, 1.82) is 0 Å². The number of nitrogens with zero attached hydrogens (tertiary/aromatic N) is 3. The number of rotatable bonds is 6. The van der Waals surface area contributed by atoms with Crippen molar-refractivity contribution in [2.45, 2.75) is 6.92 Å². The van der Waals surface area contributed by atoms with Crippen molar-refractivity contribution < 1.29 is 9.66 Å². The standard InChI is InChI=1S/C15H20ClN5O3S/c1-11(12-2-3-13(16)14(10-12)21(22)23)18-19-15(25)17-4-5-20-6-8-24-9-7-20/h2-3,10H,4-9H2,1H3,(H2,17,19,25)/b18-11-. The van der Waals surface area contributed by atoms with Gasteiger partial charge in [0.2, 0.25) is 0 Å². The Morgan fingerprint density at radius 3 is 2.88 bits per heavy atom. The molecule has 0 aliphatic carbocycles. The first kappa shape index (κ1) is 19.5. The number of nitrogens with one attached hydrogen (secondary N) is 2. The highest BCUT2D eigenvalue weighted by Crippen LogP contribution is 2.25. The molecule has 136 valence electrons. The van der Waals surface area contributed by atoms with E-state index in [1.165, 1.54) is 12.1 Å². The second-order valence-electron chi connectivity index (χ2n) is 5.44. The van der Waals surface area contributed by atoms with Gasteiger partial charge in [-0.25, -0.2) is 0 Å². The molecular weight excluding hydrogens is 366 g/mol. The van der Waals surface area contributed by atoms with Crippen LogP contribution in [0.2, 0.25) is 5.02 Å². The molecule has 1 fully saturated rings. The highest BCUT2D eigenvalue weighted by atomic mass is 35.5. The van der Waals surface area contributed by atoms with Gasteiger partial charge in [0.15, 0.2) is 5.11 Å². The molecule has 1 saturated heterocycles. The van der Waals surface area contributed by atoms with Gasteiger partial charge < -0.3 is 10.1 Å². The lowest BCUT2D eigenvalue weighted by Crippen LogP contribution is -2.42. The smallest absolute Gasteiger partial charge is 0.288 e. The van der Waals surface area contributed by atoms with Crippen LogP contribution in [-0.2, 0) is 4.74 Å². The maximum absolute atomic E-state index is 10.9. The average molecular weight is 386 g/mol. The fourth-order valence-corrected chi connectivity index (χ4v) is 2.60. The quantitative estimate of drug-likeness (QED) is 0.333. The van der Waals surface area contributed by atoms with Crippen molar-refractivity contribution in [3.05, 3.63) is 38.9 Å². The molecule has 10 heteroatoms. The van der Waals surface area contributed by atoms with Gasteiger partial charge in [-0.15, -0.1) is 0 Å². The number of hydrazone groups is 1. The second kappa shape index (κ2) is 9.62. The Bertz CT molecular complexity index is 665. The molecule has 8 nitrogen and oxygen atoms in total. The summed E-state index contributed by atoms with van der Waals surface area (Å²) in [5.41, 5.74) is 3.76. The van der Waals surface area contributed by atoms with Crippen LogP contribution in [0.25, 0.3) is 0 Å². The Kier molecular flexibility index (Phi) is 7.51. The summed E-state index contributed by atoms with van der Waals surface area (Å²) in [4.78, 5) is 12.7. The van der Waals surface area contributed by atoms with E-state index >= 15 is 0 Å². The fraction of sp³-hybridized carbons (Fsp3) is 0.467. The Morgan fingerprint density at radius 2 is 2.20 bits per heavy atom. The molecule has 2 N–H and O–H groups in total. The third-order valence-electron chi connectivity index (χ3n) is 3.70. The summed E-state index contributed by atoms with van der Waals surface area (Å²) in [6.45, 7) is 6.68. The number of nitro groups is 1. The van der Waals surface area contributed by atoms with Crippen molar-refractivity contribution in [1.82, 2.24) is 15.6 Å². The molecular formula is C15H20ClN5O3S. The summed E-state index contributed by atoms with van der Waals surface area (Å²) in [5, 5.41) is 18.7. The summed E-state index contributed by atoms with van der Waals surface area (Å²) < 4.78 is 5.30. The van der Waals surface area contributed by atoms with Gasteiger partial charge in [-0.2, -0.15) is 5.10 Å². The van der Waals surface area contributed by atoms with Crippen molar-refractivity contribution in [2.75, 3.05) is 39.4 Å². The summed E-state index contributed by atoms with van der Waals surface area (Å²) in [6.07, 6.45) is 0. The van der Waals surface area contributed by atoms with E-state index in [1.807, 2.05) is 0 Å². The maximum Gasteiger partial charge on any atom is 0.288 e. The number of ether oxygens (including phenoxy) is 1. The van der Waals surface area contributed by atoms with Crippen LogP contribution in [0.1, 0.15) is 12.5 Å². The number of hydrogen-bond donors (Lipinski definition) is 2. The van der Waals surface area contributed by atoms with Crippen LogP contribution in [0.5, 0.6) is 0 Å². The molecule has 0 atom stereocenters. The number of halogens is 1. The summed E-state index contributed by atoms with van der Waals surface area (Å²) in [5.74, 6) is 0. The van der Waals surface area contributed by atoms with Gasteiger partial charge in [0.1, 0.15) is 5.02 Å². The van der Waals surface area contributed by atoms with E-state index in [2.05, 4.69) is 20.7 Å². The van der Waals surface area contributed by atoms with E-state index in [9.17, 15) is 10.1 Å². The molecule has 1 aromatic carbocycles. The van der Waals surface area contributed by atoms with Crippen LogP contribution in [0.15, 0.2) is 23.3 Å². The van der Waals surface area contributed by atoms with E-state index in [-0.39, 0.29) is 10.7 Å². The van der Waals surface area contributed by atoms with Crippen LogP contribution in [0.3, 0.4) is 0 Å². The minimum absolute atomic E-state index is 0.0924. The molecule has 1 heterocycles. The predicted octanol–water partition coefficient (Wildman–Crippen LogP) is 1.77. The first-order chi connectivity index (χ1) is 12.0. The Morgan fingerprint density at radius 1 is 1.48 bits per heavy atom. The third-order valence-corrected chi connectivity index (χ3v) is 4.26. The molecule has 0 radical (unpaired) electrons. The number of hydrogen-bond acceptors (Lipinski definition) is 6. The van der Waals surface area contributed by atoms with Crippen molar-refractivity contribution in [3.63, 3.8) is 0 Å². The fourth-order valence-electron chi connectivity index (χ4n) is 2.27. The minimum Gasteiger partial charge on any atom is -0.379 e. The highest BCUT2D eigenvalue weighted by Gasteiger charge is 2.14. The van der Waals surface area contributed by atoms with E-state index in [1.54, 1.807) is 13.0 Å². The minimum atomic E-state index is -0.523. The zero-order valence-electron chi connectivity index (χ0n) is 13.8. The number of benzene rings is 1. The van der Waals surface area contributed by atoms with Gasteiger partial charge in [0.25, 0.3) is 5.69 Å². The molecule has 0 bridgehead atoms.